The Hall–Kier alpha value is -1.59. The Morgan fingerprint density at radius 2 is 1.96 bits per heavy atom. The minimum atomic E-state index is -0.508. The lowest BCUT2D eigenvalue weighted by atomic mass is 10.2. The van der Waals surface area contributed by atoms with Crippen LogP contribution in [0.1, 0.15) is 6.92 Å². The van der Waals surface area contributed by atoms with Gasteiger partial charge in [-0.3, -0.25) is 4.79 Å². The number of hydrogen-bond acceptors (Lipinski definition) is 4. The maximum atomic E-state index is 12.8. The van der Waals surface area contributed by atoms with Crippen molar-refractivity contribution in [3.8, 4) is 5.75 Å². The Labute approximate surface area is 145 Å². The van der Waals surface area contributed by atoms with E-state index in [1.165, 1.54) is 4.90 Å². The Balaban J connectivity index is 1.72. The molecule has 0 radical (unpaired) electrons. The highest BCUT2D eigenvalue weighted by Gasteiger charge is 2.27. The van der Waals surface area contributed by atoms with Gasteiger partial charge in [-0.1, -0.05) is 12.1 Å². The topological polar surface area (TPSA) is 29.5 Å². The Kier molecular flexibility index (Phi) is 5.18. The number of carbonyl (C=O) groups is 1. The Morgan fingerprint density at radius 3 is 2.70 bits per heavy atom. The summed E-state index contributed by atoms with van der Waals surface area (Å²) in [4.78, 5) is 17.0. The van der Waals surface area contributed by atoms with Crippen LogP contribution in [0.15, 0.2) is 58.3 Å². The fourth-order valence-corrected chi connectivity index (χ4v) is 3.93. The Morgan fingerprint density at radius 1 is 1.22 bits per heavy atom. The molecule has 0 aromatic heterocycles. The normalized spacial score (nSPS) is 15.0. The van der Waals surface area contributed by atoms with Gasteiger partial charge in [0, 0.05) is 22.1 Å². The molecular formula is C18H19NO2S2. The highest BCUT2D eigenvalue weighted by atomic mass is 32.2. The lowest BCUT2D eigenvalue weighted by Gasteiger charge is -2.31. The zero-order valence-corrected chi connectivity index (χ0v) is 14.8. The second-order valence-electron chi connectivity index (χ2n) is 5.24. The van der Waals surface area contributed by atoms with Crippen LogP contribution >= 0.6 is 23.5 Å². The molecule has 0 N–H and O–H groups in total. The summed E-state index contributed by atoms with van der Waals surface area (Å²) in [5.41, 5.74) is 0.988. The molecule has 0 bridgehead atoms. The number of amides is 1. The van der Waals surface area contributed by atoms with E-state index >= 15 is 0 Å². The van der Waals surface area contributed by atoms with Crippen molar-refractivity contribution in [2.75, 3.05) is 23.5 Å². The number of nitrogens with zero attached hydrogens (tertiary/aromatic N) is 1. The molecule has 1 unspecified atom stereocenters. The number of para-hydroxylation sites is 1. The zero-order chi connectivity index (χ0) is 16.2. The van der Waals surface area contributed by atoms with Gasteiger partial charge in [-0.2, -0.15) is 0 Å². The van der Waals surface area contributed by atoms with Crippen LogP contribution in [0.2, 0.25) is 0 Å². The monoisotopic (exact) mass is 345 g/mol. The highest BCUT2D eigenvalue weighted by molar-refractivity contribution is 7.99. The molecular weight excluding hydrogens is 326 g/mol. The molecule has 1 atom stereocenters. The highest BCUT2D eigenvalue weighted by Crippen LogP contribution is 2.34. The minimum absolute atomic E-state index is 0.00620. The van der Waals surface area contributed by atoms with Gasteiger partial charge in [0.1, 0.15) is 5.75 Å². The van der Waals surface area contributed by atoms with Crippen LogP contribution in [-0.2, 0) is 4.79 Å². The summed E-state index contributed by atoms with van der Waals surface area (Å²) in [6.07, 6.45) is 1.53. The van der Waals surface area contributed by atoms with E-state index in [9.17, 15) is 4.79 Å². The van der Waals surface area contributed by atoms with Crippen LogP contribution in [0.25, 0.3) is 0 Å². The van der Waals surface area contributed by atoms with Gasteiger partial charge in [0.15, 0.2) is 6.10 Å². The molecule has 1 amide bonds. The van der Waals surface area contributed by atoms with Crippen molar-refractivity contribution >= 4 is 35.1 Å². The summed E-state index contributed by atoms with van der Waals surface area (Å²) < 4.78 is 5.84. The fraction of sp³-hybridized carbons (Fsp3) is 0.278. The maximum Gasteiger partial charge on any atom is 0.267 e. The van der Waals surface area contributed by atoms with Gasteiger partial charge in [0.25, 0.3) is 5.91 Å². The summed E-state index contributed by atoms with van der Waals surface area (Å²) in [5, 5.41) is 0. The Bertz CT molecular complexity index is 688. The quantitative estimate of drug-likeness (QED) is 0.772. The summed E-state index contributed by atoms with van der Waals surface area (Å²) in [7, 11) is 0. The van der Waals surface area contributed by atoms with Gasteiger partial charge in [0.2, 0.25) is 0 Å². The van der Waals surface area contributed by atoms with Crippen molar-refractivity contribution in [1.29, 1.82) is 0 Å². The van der Waals surface area contributed by atoms with Crippen LogP contribution in [-0.4, -0.2) is 30.6 Å². The molecule has 0 fully saturated rings. The first-order valence-electron chi connectivity index (χ1n) is 7.53. The average molecular weight is 345 g/mol. The first-order valence-corrected chi connectivity index (χ1v) is 9.74. The van der Waals surface area contributed by atoms with E-state index in [2.05, 4.69) is 6.07 Å². The maximum absolute atomic E-state index is 12.8. The predicted molar refractivity (Wildman–Crippen MR) is 97.8 cm³/mol. The van der Waals surface area contributed by atoms with Crippen LogP contribution in [0.5, 0.6) is 5.75 Å². The number of hydrogen-bond donors (Lipinski definition) is 0. The van der Waals surface area contributed by atoms with E-state index in [4.69, 9.17) is 4.74 Å². The van der Waals surface area contributed by atoms with E-state index in [0.717, 1.165) is 28.6 Å². The van der Waals surface area contributed by atoms with E-state index in [-0.39, 0.29) is 5.91 Å². The van der Waals surface area contributed by atoms with Crippen molar-refractivity contribution < 1.29 is 9.53 Å². The average Bonchev–Trinajstić information content (AvgIpc) is 2.61. The van der Waals surface area contributed by atoms with Gasteiger partial charge in [-0.05, 0) is 49.6 Å². The number of rotatable bonds is 4. The SMILES string of the molecule is CSc1ccc(OC(C)C(=O)N2CCSc3ccccc32)cc1. The molecule has 0 aliphatic carbocycles. The molecule has 0 saturated carbocycles. The third-order valence-corrected chi connectivity index (χ3v) is 5.50. The molecule has 3 nitrogen and oxygen atoms in total. The lowest BCUT2D eigenvalue weighted by molar-refractivity contribution is -0.124. The molecule has 1 aliphatic heterocycles. The van der Waals surface area contributed by atoms with E-state index < -0.39 is 6.10 Å². The standard InChI is InChI=1S/C18H19NO2S2/c1-13(21-14-7-9-15(22-2)10-8-14)18(20)19-11-12-23-17-6-4-3-5-16(17)19/h3-10,13H,11-12H2,1-2H3. The number of benzene rings is 2. The number of fused-ring (bicyclic) bond motifs is 1. The molecule has 5 heteroatoms. The van der Waals surface area contributed by atoms with Gasteiger partial charge in [-0.25, -0.2) is 0 Å². The van der Waals surface area contributed by atoms with E-state index in [1.807, 2.05) is 60.5 Å². The van der Waals surface area contributed by atoms with Gasteiger partial charge < -0.3 is 9.64 Å². The van der Waals surface area contributed by atoms with Crippen LogP contribution in [0.3, 0.4) is 0 Å². The summed E-state index contributed by atoms with van der Waals surface area (Å²) >= 11 is 3.48. The smallest absolute Gasteiger partial charge is 0.267 e. The number of ether oxygens (including phenoxy) is 1. The second-order valence-corrected chi connectivity index (χ2v) is 7.26. The van der Waals surface area contributed by atoms with Gasteiger partial charge in [-0.15, -0.1) is 23.5 Å². The summed E-state index contributed by atoms with van der Waals surface area (Å²) in [6, 6.07) is 15.9. The molecule has 0 saturated heterocycles. The first-order chi connectivity index (χ1) is 11.2. The fourth-order valence-electron chi connectivity index (χ4n) is 2.53. The van der Waals surface area contributed by atoms with E-state index in [1.54, 1.807) is 23.5 Å². The number of anilines is 1. The third-order valence-electron chi connectivity index (χ3n) is 3.71. The molecule has 1 heterocycles. The number of carbonyl (C=O) groups excluding carboxylic acids is 1. The molecule has 2 aromatic carbocycles. The second kappa shape index (κ2) is 7.32. The summed E-state index contributed by atoms with van der Waals surface area (Å²) in [5.74, 6) is 1.65. The molecule has 0 spiro atoms. The van der Waals surface area contributed by atoms with Crippen LogP contribution < -0.4 is 9.64 Å². The van der Waals surface area contributed by atoms with Crippen LogP contribution in [0.4, 0.5) is 5.69 Å². The molecule has 1 aliphatic rings. The van der Waals surface area contributed by atoms with Gasteiger partial charge in [0.05, 0.1) is 5.69 Å². The molecule has 23 heavy (non-hydrogen) atoms. The molecule has 2 aromatic rings. The van der Waals surface area contributed by atoms with Crippen LogP contribution in [0, 0.1) is 0 Å². The molecule has 120 valence electrons. The minimum Gasteiger partial charge on any atom is -0.481 e. The van der Waals surface area contributed by atoms with Crippen molar-refractivity contribution in [3.05, 3.63) is 48.5 Å². The third kappa shape index (κ3) is 3.67. The van der Waals surface area contributed by atoms with Crippen molar-refractivity contribution in [2.45, 2.75) is 22.8 Å². The summed E-state index contributed by atoms with van der Waals surface area (Å²) in [6.45, 7) is 2.54. The number of thioether (sulfide) groups is 2. The zero-order valence-electron chi connectivity index (χ0n) is 13.2. The molecule has 3 rings (SSSR count). The van der Waals surface area contributed by atoms with Gasteiger partial charge >= 0.3 is 0 Å². The van der Waals surface area contributed by atoms with Crippen molar-refractivity contribution in [1.82, 2.24) is 0 Å². The predicted octanol–water partition coefficient (Wildman–Crippen LogP) is 4.31. The lowest BCUT2D eigenvalue weighted by Crippen LogP contribution is -2.43. The largest absolute Gasteiger partial charge is 0.481 e. The van der Waals surface area contributed by atoms with E-state index in [0.29, 0.717) is 0 Å². The van der Waals surface area contributed by atoms with Crippen molar-refractivity contribution in [3.63, 3.8) is 0 Å². The first kappa shape index (κ1) is 16.3. The van der Waals surface area contributed by atoms with Crippen molar-refractivity contribution in [2.24, 2.45) is 0 Å².